The van der Waals surface area contributed by atoms with Crippen LogP contribution < -0.4 is 0 Å². The third kappa shape index (κ3) is 242. The van der Waals surface area contributed by atoms with Crippen molar-refractivity contribution in [2.45, 2.75) is 33.6 Å². The Kier molecular flexibility index (Phi) is 151. The van der Waals surface area contributed by atoms with Gasteiger partial charge in [-0.2, -0.15) is 8.42 Å². The molecule has 0 atom stereocenters. The summed E-state index contributed by atoms with van der Waals surface area (Å²) in [5.74, 6) is 0. The second-order valence-corrected chi connectivity index (χ2v) is 3.92. The van der Waals surface area contributed by atoms with Gasteiger partial charge in [0.25, 0.3) is 0 Å². The number of hydrogen-bond acceptors (Lipinski definition) is 6. The van der Waals surface area contributed by atoms with Crippen molar-refractivity contribution in [2.75, 3.05) is 33.0 Å². The van der Waals surface area contributed by atoms with Crippen LogP contribution in [0.3, 0.4) is 0 Å². The Hall–Kier alpha value is -1.55. The lowest BCUT2D eigenvalue weighted by atomic mass is 10.4. The molecule has 0 aliphatic rings. The van der Waals surface area contributed by atoms with Gasteiger partial charge in [0.05, 0.1) is 19.8 Å². The number of rotatable bonds is 7. The first kappa shape index (κ1) is 50.3. The first-order valence-corrected chi connectivity index (χ1v) is 9.67. The van der Waals surface area contributed by atoms with Crippen molar-refractivity contribution in [3.8, 4) is 0 Å². The molecule has 0 bridgehead atoms. The van der Waals surface area contributed by atoms with Crippen LogP contribution in [-0.2, 0) is 19.3 Å². The van der Waals surface area contributed by atoms with Gasteiger partial charge in [0.1, 0.15) is 0 Å². The van der Waals surface area contributed by atoms with Crippen molar-refractivity contribution < 1.29 is 32.1 Å². The van der Waals surface area contributed by atoms with Crippen LogP contribution in [0.5, 0.6) is 0 Å². The van der Waals surface area contributed by atoms with Gasteiger partial charge in [-0.1, -0.05) is 13.3 Å². The van der Waals surface area contributed by atoms with Crippen LogP contribution in [0.25, 0.3) is 0 Å². The van der Waals surface area contributed by atoms with E-state index in [9.17, 15) is 8.42 Å². The first-order valence-electron chi connectivity index (χ1n) is 8.30. The molecule has 174 valence electrons. The summed E-state index contributed by atoms with van der Waals surface area (Å²) in [6, 6.07) is 0. The summed E-state index contributed by atoms with van der Waals surface area (Å²) in [6.45, 7) is 37.4. The molecule has 0 heterocycles. The fourth-order valence-corrected chi connectivity index (χ4v) is 0.841. The van der Waals surface area contributed by atoms with Crippen LogP contribution >= 0.6 is 0 Å². The van der Waals surface area contributed by atoms with Crippen molar-refractivity contribution in [1.82, 2.24) is 0 Å². The molecule has 0 aromatic heterocycles. The lowest BCUT2D eigenvalue weighted by Gasteiger charge is -1.95. The molecule has 0 rings (SSSR count). The van der Waals surface area contributed by atoms with Gasteiger partial charge in [0.15, 0.2) is 0 Å². The molecule has 0 aliphatic carbocycles. The summed E-state index contributed by atoms with van der Waals surface area (Å²) >= 11 is 0. The highest BCUT2D eigenvalue weighted by Gasteiger charge is 2.00. The van der Waals surface area contributed by atoms with E-state index in [0.29, 0.717) is 6.42 Å². The summed E-state index contributed by atoms with van der Waals surface area (Å²) in [4.78, 5) is 0. The molecule has 0 radical (unpaired) electrons. The molecule has 0 aliphatic heterocycles. The van der Waals surface area contributed by atoms with Crippen molar-refractivity contribution in [2.24, 2.45) is 0 Å². The van der Waals surface area contributed by atoms with Crippen molar-refractivity contribution in [3.63, 3.8) is 0 Å². The third-order valence-electron chi connectivity index (χ3n) is 1.24. The molecule has 0 spiro atoms. The fraction of sp³-hybridized carbons (Fsp3) is 0.500. The van der Waals surface area contributed by atoms with Gasteiger partial charge in [-0.05, 0) is 20.3 Å². The van der Waals surface area contributed by atoms with E-state index >= 15 is 0 Å². The van der Waals surface area contributed by atoms with E-state index in [0.717, 1.165) is 19.6 Å². The summed E-state index contributed by atoms with van der Waals surface area (Å²) in [5, 5.41) is 15.2. The van der Waals surface area contributed by atoms with Crippen LogP contribution in [0.1, 0.15) is 33.6 Å². The van der Waals surface area contributed by atoms with E-state index < -0.39 is 10.4 Å². The molecular formula is C20H46O7S. The van der Waals surface area contributed by atoms with Crippen LogP contribution in [-0.4, -0.2) is 56.2 Å². The molecular weight excluding hydrogens is 384 g/mol. The third-order valence-corrected chi connectivity index (χ3v) is 1.70. The average molecular weight is 431 g/mol. The van der Waals surface area contributed by atoms with Gasteiger partial charge in [-0.3, -0.25) is 4.55 Å². The maximum atomic E-state index is 9.84. The predicted molar refractivity (Wildman–Crippen MR) is 125 cm³/mol. The van der Waals surface area contributed by atoms with Gasteiger partial charge in [-0.15, -0.1) is 65.8 Å². The Morgan fingerprint density at radius 1 is 0.714 bits per heavy atom. The molecule has 8 heteroatoms. The highest BCUT2D eigenvalue weighted by atomic mass is 32.3. The first-order chi connectivity index (χ1) is 13.4. The summed E-state index contributed by atoms with van der Waals surface area (Å²) in [7, 11) is -4.20. The van der Waals surface area contributed by atoms with Gasteiger partial charge >= 0.3 is 10.4 Å². The minimum atomic E-state index is -4.20. The van der Waals surface area contributed by atoms with Crippen LogP contribution in [0.4, 0.5) is 0 Å². The molecule has 28 heavy (non-hydrogen) atoms. The van der Waals surface area contributed by atoms with Gasteiger partial charge in [0, 0.05) is 13.2 Å². The lowest BCUT2D eigenvalue weighted by molar-refractivity contribution is 0.162. The van der Waals surface area contributed by atoms with Crippen molar-refractivity contribution in [3.05, 3.63) is 65.8 Å². The number of ether oxygens (including phenoxy) is 1. The van der Waals surface area contributed by atoms with Crippen LogP contribution in [0, 0.1) is 0 Å². The number of hydrogen-bond donors (Lipinski definition) is 3. The zero-order chi connectivity index (χ0) is 24.9. The lowest BCUT2D eigenvalue weighted by Crippen LogP contribution is -2.04. The molecule has 0 aromatic rings. The molecule has 0 fully saturated rings. The van der Waals surface area contributed by atoms with E-state index in [-0.39, 0.29) is 19.8 Å². The molecule has 0 saturated carbocycles. The van der Waals surface area contributed by atoms with Crippen LogP contribution in [0.2, 0.25) is 0 Å². The minimum Gasteiger partial charge on any atom is -0.394 e. The Labute approximate surface area is 175 Å². The predicted octanol–water partition coefficient (Wildman–Crippen LogP) is 4.63. The SMILES string of the molecule is C=C.C=C.C=C.C=C.C=C.CCCCOS(=O)(=O)O.CCOCC.OCCO. The fourth-order valence-electron chi connectivity index (χ4n) is 0.513. The molecule has 0 aromatic carbocycles. The average Bonchev–Trinajstić information content (AvgIpc) is 2.76. The maximum absolute atomic E-state index is 9.84. The number of aliphatic hydroxyl groups excluding tert-OH is 2. The molecule has 0 unspecified atom stereocenters. The number of aliphatic hydroxyl groups is 2. The van der Waals surface area contributed by atoms with E-state index in [1.54, 1.807) is 0 Å². The smallest absolute Gasteiger partial charge is 0.394 e. The second-order valence-electron chi connectivity index (χ2n) is 2.83. The summed E-state index contributed by atoms with van der Waals surface area (Å²) < 4.78 is 36.5. The van der Waals surface area contributed by atoms with E-state index in [1.165, 1.54) is 0 Å². The molecule has 3 N–H and O–H groups in total. The van der Waals surface area contributed by atoms with Crippen molar-refractivity contribution >= 4 is 10.4 Å². The highest BCUT2D eigenvalue weighted by molar-refractivity contribution is 7.80. The Morgan fingerprint density at radius 2 is 1.00 bits per heavy atom. The summed E-state index contributed by atoms with van der Waals surface area (Å²) in [5.41, 5.74) is 0. The normalized spacial score (nSPS) is 7.07. The van der Waals surface area contributed by atoms with Gasteiger partial charge in [0.2, 0.25) is 0 Å². The molecule has 7 nitrogen and oxygen atoms in total. The standard InChI is InChI=1S/C4H10O4S.C4H10O.C2H6O2.5C2H4/c1-2-3-4-8-9(5,6)7;1-3-5-4-2;3-1-2-4;5*1-2/h2-4H2,1H3,(H,5,6,7);3-4H2,1-2H3;3-4H,1-2H2;5*1-2H2. The Balaban J connectivity index is -0.0000000304. The van der Waals surface area contributed by atoms with E-state index in [4.69, 9.17) is 19.5 Å². The summed E-state index contributed by atoms with van der Waals surface area (Å²) in [6.07, 6.45) is 1.48. The second kappa shape index (κ2) is 84.1. The van der Waals surface area contributed by atoms with Gasteiger partial charge < -0.3 is 14.9 Å². The molecule has 0 saturated heterocycles. The Bertz CT molecular complexity index is 269. The Morgan fingerprint density at radius 3 is 1.11 bits per heavy atom. The molecule has 0 amide bonds. The maximum Gasteiger partial charge on any atom is 0.397 e. The van der Waals surface area contributed by atoms with Crippen molar-refractivity contribution in [1.29, 1.82) is 0 Å². The topological polar surface area (TPSA) is 113 Å². The highest BCUT2D eigenvalue weighted by Crippen LogP contribution is 1.91. The van der Waals surface area contributed by atoms with E-state index in [2.05, 4.69) is 70.0 Å². The quantitative estimate of drug-likeness (QED) is 0.306. The minimum absolute atomic E-state index is 0.0648. The van der Waals surface area contributed by atoms with Gasteiger partial charge in [-0.25, -0.2) is 4.18 Å². The monoisotopic (exact) mass is 430 g/mol. The zero-order valence-corrected chi connectivity index (χ0v) is 19.2. The van der Waals surface area contributed by atoms with Crippen LogP contribution in [0.15, 0.2) is 65.8 Å². The largest absolute Gasteiger partial charge is 0.397 e. The zero-order valence-electron chi connectivity index (χ0n) is 18.4. The van der Waals surface area contributed by atoms with E-state index in [1.807, 2.05) is 20.8 Å². The number of unbranched alkanes of at least 4 members (excludes halogenated alkanes) is 1.